The third kappa shape index (κ3) is 2.80. The highest BCUT2D eigenvalue weighted by Crippen LogP contribution is 2.11. The Labute approximate surface area is 120 Å². The molecule has 1 amide bonds. The summed E-state index contributed by atoms with van der Waals surface area (Å²) in [6, 6.07) is 0. The highest BCUT2D eigenvalue weighted by molar-refractivity contribution is 5.77. The molecule has 8 nitrogen and oxygen atoms in total. The van der Waals surface area contributed by atoms with Gasteiger partial charge in [-0.05, 0) is 19.8 Å². The van der Waals surface area contributed by atoms with Gasteiger partial charge in [-0.3, -0.25) is 14.2 Å². The van der Waals surface area contributed by atoms with Crippen molar-refractivity contribution in [2.45, 2.75) is 32.4 Å². The molecule has 0 unspecified atom stereocenters. The molecule has 3 heterocycles. The summed E-state index contributed by atoms with van der Waals surface area (Å²) >= 11 is 0. The largest absolute Gasteiger partial charge is 0.376 e. The van der Waals surface area contributed by atoms with Crippen molar-refractivity contribution in [2.75, 3.05) is 13.2 Å². The minimum Gasteiger partial charge on any atom is -0.376 e. The van der Waals surface area contributed by atoms with Crippen molar-refractivity contribution in [3.05, 3.63) is 22.4 Å². The lowest BCUT2D eigenvalue weighted by Crippen LogP contribution is -2.36. The Kier molecular flexibility index (Phi) is 3.70. The van der Waals surface area contributed by atoms with Gasteiger partial charge in [0.25, 0.3) is 11.3 Å². The molecule has 1 saturated heterocycles. The molecule has 21 heavy (non-hydrogen) atoms. The van der Waals surface area contributed by atoms with Crippen LogP contribution in [0.5, 0.6) is 0 Å². The van der Waals surface area contributed by atoms with E-state index in [9.17, 15) is 9.59 Å². The Hall–Kier alpha value is -2.22. The number of aromatic nitrogens is 3. The Balaban J connectivity index is 1.69. The second-order valence-electron chi connectivity index (χ2n) is 5.06. The van der Waals surface area contributed by atoms with Crippen LogP contribution in [-0.4, -0.2) is 39.9 Å². The van der Waals surface area contributed by atoms with Gasteiger partial charge >= 0.3 is 0 Å². The monoisotopic (exact) mass is 292 g/mol. The van der Waals surface area contributed by atoms with E-state index in [0.717, 1.165) is 19.4 Å². The number of nitrogens with one attached hydrogen (secondary N) is 1. The Morgan fingerprint density at radius 2 is 2.43 bits per heavy atom. The second-order valence-corrected chi connectivity index (χ2v) is 5.06. The lowest BCUT2D eigenvalue weighted by Gasteiger charge is -2.11. The average Bonchev–Trinajstić information content (AvgIpc) is 3.10. The number of carbonyl (C=O) groups is 1. The molecule has 1 aliphatic rings. The molecule has 1 aliphatic heterocycles. The molecule has 0 bridgehead atoms. The predicted molar refractivity (Wildman–Crippen MR) is 72.8 cm³/mol. The fourth-order valence-electron chi connectivity index (χ4n) is 2.37. The third-order valence-corrected chi connectivity index (χ3v) is 3.50. The summed E-state index contributed by atoms with van der Waals surface area (Å²) in [6.45, 7) is 2.79. The first-order valence-electron chi connectivity index (χ1n) is 6.85. The van der Waals surface area contributed by atoms with Gasteiger partial charge in [0.15, 0.2) is 0 Å². The van der Waals surface area contributed by atoms with Crippen molar-refractivity contribution in [2.24, 2.45) is 0 Å². The van der Waals surface area contributed by atoms with Crippen molar-refractivity contribution in [3.8, 4) is 0 Å². The summed E-state index contributed by atoms with van der Waals surface area (Å²) in [6.07, 6.45) is 3.34. The van der Waals surface area contributed by atoms with Gasteiger partial charge in [-0.15, -0.1) is 0 Å². The number of aryl methyl sites for hydroxylation is 1. The van der Waals surface area contributed by atoms with Crippen LogP contribution in [0.4, 0.5) is 0 Å². The van der Waals surface area contributed by atoms with Gasteiger partial charge in [-0.25, -0.2) is 4.98 Å². The SMILES string of the molecule is Cc1noc2ncn(CC(=O)NC[C@@H]3CCCO3)c(=O)c12. The van der Waals surface area contributed by atoms with Crippen LogP contribution in [0.25, 0.3) is 11.1 Å². The summed E-state index contributed by atoms with van der Waals surface area (Å²) in [5.74, 6) is -0.247. The molecule has 3 rings (SSSR count). The molecule has 0 aliphatic carbocycles. The minimum atomic E-state index is -0.328. The van der Waals surface area contributed by atoms with Crippen LogP contribution in [0.15, 0.2) is 15.6 Å². The molecule has 8 heteroatoms. The standard InChI is InChI=1S/C13H16N4O4/c1-8-11-12(21-16-8)15-7-17(13(11)19)6-10(18)14-5-9-3-2-4-20-9/h7,9H,2-6H2,1H3,(H,14,18)/t9-/m0/s1. The molecule has 0 radical (unpaired) electrons. The van der Waals surface area contributed by atoms with Crippen molar-refractivity contribution in [3.63, 3.8) is 0 Å². The Bertz CT molecular complexity index is 715. The van der Waals surface area contributed by atoms with Crippen LogP contribution in [0.1, 0.15) is 18.5 Å². The van der Waals surface area contributed by atoms with E-state index in [4.69, 9.17) is 9.26 Å². The van der Waals surface area contributed by atoms with Crippen molar-refractivity contribution in [1.29, 1.82) is 0 Å². The third-order valence-electron chi connectivity index (χ3n) is 3.50. The number of hydrogen-bond donors (Lipinski definition) is 1. The van der Waals surface area contributed by atoms with E-state index in [2.05, 4.69) is 15.5 Å². The zero-order valence-corrected chi connectivity index (χ0v) is 11.7. The molecule has 1 fully saturated rings. The fourth-order valence-corrected chi connectivity index (χ4v) is 2.37. The smallest absolute Gasteiger partial charge is 0.267 e. The maximum Gasteiger partial charge on any atom is 0.267 e. The van der Waals surface area contributed by atoms with Gasteiger partial charge in [-0.2, -0.15) is 0 Å². The normalized spacial score (nSPS) is 18.2. The van der Waals surface area contributed by atoms with Crippen LogP contribution in [0.3, 0.4) is 0 Å². The molecule has 0 aromatic carbocycles. The maximum atomic E-state index is 12.2. The maximum absolute atomic E-state index is 12.2. The van der Waals surface area contributed by atoms with Gasteiger partial charge in [0.2, 0.25) is 5.91 Å². The highest BCUT2D eigenvalue weighted by atomic mass is 16.5. The number of amides is 1. The summed E-state index contributed by atoms with van der Waals surface area (Å²) in [5, 5.41) is 6.77. The lowest BCUT2D eigenvalue weighted by atomic mass is 10.2. The fraction of sp³-hybridized carbons (Fsp3) is 0.538. The number of hydrogen-bond acceptors (Lipinski definition) is 6. The van der Waals surface area contributed by atoms with Crippen LogP contribution in [0, 0.1) is 6.92 Å². The van der Waals surface area contributed by atoms with Gasteiger partial charge in [0.1, 0.15) is 18.3 Å². The average molecular weight is 292 g/mol. The first-order chi connectivity index (χ1) is 10.1. The van der Waals surface area contributed by atoms with E-state index >= 15 is 0 Å². The zero-order valence-electron chi connectivity index (χ0n) is 11.7. The number of rotatable bonds is 4. The van der Waals surface area contributed by atoms with Gasteiger partial charge in [0, 0.05) is 13.2 Å². The minimum absolute atomic E-state index is 0.0756. The molecular formula is C13H16N4O4. The van der Waals surface area contributed by atoms with E-state index in [1.54, 1.807) is 6.92 Å². The lowest BCUT2D eigenvalue weighted by molar-refractivity contribution is -0.122. The van der Waals surface area contributed by atoms with Gasteiger partial charge in [-0.1, -0.05) is 5.16 Å². The van der Waals surface area contributed by atoms with Crippen molar-refractivity contribution < 1.29 is 14.1 Å². The van der Waals surface area contributed by atoms with E-state index in [0.29, 0.717) is 17.6 Å². The first-order valence-corrected chi connectivity index (χ1v) is 6.85. The first kappa shape index (κ1) is 13.7. The van der Waals surface area contributed by atoms with E-state index in [1.807, 2.05) is 0 Å². The van der Waals surface area contributed by atoms with E-state index in [1.165, 1.54) is 10.9 Å². The molecule has 2 aromatic rings. The van der Waals surface area contributed by atoms with Crippen LogP contribution >= 0.6 is 0 Å². The Morgan fingerprint density at radius 1 is 1.57 bits per heavy atom. The number of fused-ring (bicyclic) bond motifs is 1. The number of ether oxygens (including phenoxy) is 1. The predicted octanol–water partition coefficient (Wildman–Crippen LogP) is -0.0119. The highest BCUT2D eigenvalue weighted by Gasteiger charge is 2.17. The number of nitrogens with zero attached hydrogens (tertiary/aromatic N) is 3. The van der Waals surface area contributed by atoms with E-state index < -0.39 is 0 Å². The van der Waals surface area contributed by atoms with Gasteiger partial charge in [0.05, 0.1) is 11.8 Å². The van der Waals surface area contributed by atoms with Crippen LogP contribution in [-0.2, 0) is 16.1 Å². The molecular weight excluding hydrogens is 276 g/mol. The summed E-state index contributed by atoms with van der Waals surface area (Å²) in [7, 11) is 0. The Morgan fingerprint density at radius 3 is 3.19 bits per heavy atom. The molecule has 1 atom stereocenters. The van der Waals surface area contributed by atoms with Crippen molar-refractivity contribution >= 4 is 17.0 Å². The van der Waals surface area contributed by atoms with Crippen molar-refractivity contribution in [1.82, 2.24) is 20.0 Å². The molecule has 0 spiro atoms. The zero-order chi connectivity index (χ0) is 14.8. The summed E-state index contributed by atoms with van der Waals surface area (Å²) < 4.78 is 11.6. The molecule has 0 saturated carbocycles. The quantitative estimate of drug-likeness (QED) is 0.850. The number of carbonyl (C=O) groups excluding carboxylic acids is 1. The van der Waals surface area contributed by atoms with Crippen LogP contribution in [0.2, 0.25) is 0 Å². The topological polar surface area (TPSA) is 99.2 Å². The van der Waals surface area contributed by atoms with Gasteiger partial charge < -0.3 is 14.6 Å². The van der Waals surface area contributed by atoms with E-state index in [-0.39, 0.29) is 29.8 Å². The molecule has 112 valence electrons. The molecule has 2 aromatic heterocycles. The summed E-state index contributed by atoms with van der Waals surface area (Å²) in [5.41, 5.74) is 0.330. The van der Waals surface area contributed by atoms with Crippen LogP contribution < -0.4 is 10.9 Å². The second kappa shape index (κ2) is 5.65. The molecule has 1 N–H and O–H groups in total. The summed E-state index contributed by atoms with van der Waals surface area (Å²) in [4.78, 5) is 28.1.